The van der Waals surface area contributed by atoms with E-state index in [0.717, 1.165) is 43.8 Å². The molecule has 1 aromatic carbocycles. The van der Waals surface area contributed by atoms with Gasteiger partial charge in [-0.15, -0.1) is 0 Å². The number of likely N-dealkylation sites (tertiary alicyclic amines) is 1. The van der Waals surface area contributed by atoms with Crippen LogP contribution in [0.15, 0.2) is 30.3 Å². The van der Waals surface area contributed by atoms with Crippen LogP contribution >= 0.6 is 0 Å². The van der Waals surface area contributed by atoms with Gasteiger partial charge in [0.15, 0.2) is 0 Å². The predicted octanol–water partition coefficient (Wildman–Crippen LogP) is 2.26. The first kappa shape index (κ1) is 14.3. The average Bonchev–Trinajstić information content (AvgIpc) is 2.46. The number of hydrogen-bond donors (Lipinski definition) is 1. The molecule has 1 fully saturated rings. The van der Waals surface area contributed by atoms with E-state index in [0.29, 0.717) is 0 Å². The van der Waals surface area contributed by atoms with Crippen LogP contribution in [-0.4, -0.2) is 48.3 Å². The highest BCUT2D eigenvalue weighted by atomic mass is 16.3. The summed E-state index contributed by atoms with van der Waals surface area (Å²) in [5.41, 5.74) is 2.26. The van der Waals surface area contributed by atoms with Crippen LogP contribution in [0, 0.1) is 0 Å². The van der Waals surface area contributed by atoms with Gasteiger partial charge in [-0.1, -0.05) is 18.2 Å². The molecule has 21 heavy (non-hydrogen) atoms. The Balaban J connectivity index is 1.93. The second-order valence-electron chi connectivity index (χ2n) is 6.09. The lowest BCUT2D eigenvalue weighted by Crippen LogP contribution is -2.38. The maximum Gasteiger partial charge on any atom is 0.133 e. The minimum Gasteiger partial charge on any atom is -0.392 e. The van der Waals surface area contributed by atoms with Gasteiger partial charge in [-0.3, -0.25) is 4.90 Å². The van der Waals surface area contributed by atoms with Crippen LogP contribution in [0.25, 0.3) is 10.9 Å². The average molecular weight is 285 g/mol. The first-order valence-electron chi connectivity index (χ1n) is 7.60. The van der Waals surface area contributed by atoms with Crippen molar-refractivity contribution < 1.29 is 5.11 Å². The van der Waals surface area contributed by atoms with E-state index >= 15 is 0 Å². The zero-order chi connectivity index (χ0) is 14.8. The van der Waals surface area contributed by atoms with E-state index in [1.54, 1.807) is 0 Å². The second kappa shape index (κ2) is 6.00. The van der Waals surface area contributed by atoms with E-state index in [2.05, 4.69) is 28.0 Å². The summed E-state index contributed by atoms with van der Waals surface area (Å²) in [6, 6.07) is 10.5. The van der Waals surface area contributed by atoms with Gasteiger partial charge >= 0.3 is 0 Å². The number of hydrogen-bond acceptors (Lipinski definition) is 4. The number of piperidine rings is 1. The topological polar surface area (TPSA) is 39.6 Å². The number of β-amino-alcohol motifs (C(OH)–C–C–N with tert-alkyl or cyclic N) is 1. The fourth-order valence-electron chi connectivity index (χ4n) is 3.07. The maximum absolute atomic E-state index is 9.84. The van der Waals surface area contributed by atoms with Crippen molar-refractivity contribution in [2.75, 3.05) is 32.1 Å². The normalized spacial score (nSPS) is 19.9. The molecule has 0 unspecified atom stereocenters. The quantitative estimate of drug-likeness (QED) is 0.939. The Bertz CT molecular complexity index is 626. The number of nitrogens with zero attached hydrogens (tertiary/aromatic N) is 3. The molecular weight excluding hydrogens is 262 g/mol. The molecule has 0 bridgehead atoms. The molecule has 3 rings (SSSR count). The fourth-order valence-corrected chi connectivity index (χ4v) is 3.07. The van der Waals surface area contributed by atoms with Gasteiger partial charge in [-0.25, -0.2) is 4.98 Å². The molecule has 1 aliphatic heterocycles. The lowest BCUT2D eigenvalue weighted by Gasteiger charge is -2.31. The highest BCUT2D eigenvalue weighted by molar-refractivity contribution is 5.81. The van der Waals surface area contributed by atoms with Crippen molar-refractivity contribution in [2.24, 2.45) is 0 Å². The van der Waals surface area contributed by atoms with E-state index in [1.807, 2.05) is 26.2 Å². The van der Waals surface area contributed by atoms with E-state index < -0.39 is 0 Å². The van der Waals surface area contributed by atoms with E-state index in [1.165, 1.54) is 10.9 Å². The fraction of sp³-hybridized carbons (Fsp3) is 0.471. The Morgan fingerprint density at radius 2 is 2.14 bits per heavy atom. The number of rotatable bonds is 3. The zero-order valence-electron chi connectivity index (χ0n) is 12.8. The summed E-state index contributed by atoms with van der Waals surface area (Å²) >= 11 is 0. The van der Waals surface area contributed by atoms with E-state index in [4.69, 9.17) is 4.98 Å². The van der Waals surface area contributed by atoms with Gasteiger partial charge in [-0.2, -0.15) is 0 Å². The van der Waals surface area contributed by atoms with Crippen molar-refractivity contribution in [1.29, 1.82) is 0 Å². The molecule has 1 saturated heterocycles. The minimum absolute atomic E-state index is 0.185. The number of pyridine rings is 1. The number of aliphatic hydroxyl groups excluding tert-OH is 1. The summed E-state index contributed by atoms with van der Waals surface area (Å²) in [5.74, 6) is 1.02. The van der Waals surface area contributed by atoms with Crippen LogP contribution in [0.3, 0.4) is 0 Å². The van der Waals surface area contributed by atoms with Crippen LogP contribution in [0.5, 0.6) is 0 Å². The van der Waals surface area contributed by atoms with Crippen LogP contribution in [0.4, 0.5) is 5.82 Å². The number of aliphatic hydroxyl groups is 1. The van der Waals surface area contributed by atoms with Crippen LogP contribution < -0.4 is 4.90 Å². The third-order valence-electron chi connectivity index (χ3n) is 4.08. The van der Waals surface area contributed by atoms with Gasteiger partial charge in [0.05, 0.1) is 11.6 Å². The number of fused-ring (bicyclic) bond motifs is 1. The molecular formula is C17H23N3O. The lowest BCUT2D eigenvalue weighted by atomic mass is 10.1. The Hall–Kier alpha value is -1.65. The Morgan fingerprint density at radius 3 is 2.90 bits per heavy atom. The summed E-state index contributed by atoms with van der Waals surface area (Å²) in [6.45, 7) is 2.67. The standard InChI is InChI=1S/C17H23N3O/c1-19(2)17-14(11-20-9-5-7-15(21)12-20)10-13-6-3-4-8-16(13)18-17/h3-4,6,8,10,15,21H,5,7,9,11-12H2,1-2H3/t15-/m1/s1. The summed E-state index contributed by atoms with van der Waals surface area (Å²) in [5, 5.41) is 11.0. The molecule has 4 heteroatoms. The summed E-state index contributed by atoms with van der Waals surface area (Å²) in [6.07, 6.45) is 1.81. The molecule has 112 valence electrons. The molecule has 0 amide bonds. The third kappa shape index (κ3) is 3.17. The molecule has 4 nitrogen and oxygen atoms in total. The van der Waals surface area contributed by atoms with Crippen molar-refractivity contribution in [3.63, 3.8) is 0 Å². The molecule has 1 atom stereocenters. The molecule has 1 N–H and O–H groups in total. The molecule has 0 spiro atoms. The van der Waals surface area contributed by atoms with Crippen molar-refractivity contribution >= 4 is 16.7 Å². The second-order valence-corrected chi connectivity index (χ2v) is 6.09. The molecule has 2 heterocycles. The molecule has 0 saturated carbocycles. The van der Waals surface area contributed by atoms with E-state index in [-0.39, 0.29) is 6.10 Å². The SMILES string of the molecule is CN(C)c1nc2ccccc2cc1CN1CCC[C@@H](O)C1. The molecule has 1 aliphatic rings. The van der Waals surface area contributed by atoms with Crippen molar-refractivity contribution in [2.45, 2.75) is 25.5 Å². The van der Waals surface area contributed by atoms with Gasteiger partial charge in [-0.05, 0) is 31.5 Å². The van der Waals surface area contributed by atoms with Crippen LogP contribution in [0.1, 0.15) is 18.4 Å². The lowest BCUT2D eigenvalue weighted by molar-refractivity contribution is 0.0669. The third-order valence-corrected chi connectivity index (χ3v) is 4.08. The molecule has 0 aliphatic carbocycles. The smallest absolute Gasteiger partial charge is 0.133 e. The summed E-state index contributed by atoms with van der Waals surface area (Å²) in [4.78, 5) is 9.19. The van der Waals surface area contributed by atoms with Gasteiger partial charge in [0, 0.05) is 38.1 Å². The monoisotopic (exact) mass is 285 g/mol. The first-order chi connectivity index (χ1) is 10.1. The molecule has 1 aromatic heterocycles. The first-order valence-corrected chi connectivity index (χ1v) is 7.60. The Labute approximate surface area is 126 Å². The van der Waals surface area contributed by atoms with Gasteiger partial charge in [0.2, 0.25) is 0 Å². The zero-order valence-corrected chi connectivity index (χ0v) is 12.8. The Kier molecular flexibility index (Phi) is 4.08. The number of anilines is 1. The number of para-hydroxylation sites is 1. The highest BCUT2D eigenvalue weighted by Gasteiger charge is 2.19. The molecule has 2 aromatic rings. The maximum atomic E-state index is 9.84. The van der Waals surface area contributed by atoms with Crippen LogP contribution in [-0.2, 0) is 6.54 Å². The largest absolute Gasteiger partial charge is 0.392 e. The summed E-state index contributed by atoms with van der Waals surface area (Å²) < 4.78 is 0. The van der Waals surface area contributed by atoms with Crippen molar-refractivity contribution in [3.05, 3.63) is 35.9 Å². The Morgan fingerprint density at radius 1 is 1.33 bits per heavy atom. The van der Waals surface area contributed by atoms with Crippen LogP contribution in [0.2, 0.25) is 0 Å². The van der Waals surface area contributed by atoms with Gasteiger partial charge < -0.3 is 10.0 Å². The summed E-state index contributed by atoms with van der Waals surface area (Å²) in [7, 11) is 4.07. The predicted molar refractivity (Wildman–Crippen MR) is 86.6 cm³/mol. The number of aromatic nitrogens is 1. The molecule has 0 radical (unpaired) electrons. The van der Waals surface area contributed by atoms with E-state index in [9.17, 15) is 5.11 Å². The van der Waals surface area contributed by atoms with Gasteiger partial charge in [0.1, 0.15) is 5.82 Å². The number of benzene rings is 1. The highest BCUT2D eigenvalue weighted by Crippen LogP contribution is 2.24. The van der Waals surface area contributed by atoms with Gasteiger partial charge in [0.25, 0.3) is 0 Å². The minimum atomic E-state index is -0.185. The van der Waals surface area contributed by atoms with Crippen molar-refractivity contribution in [3.8, 4) is 0 Å². The van der Waals surface area contributed by atoms with Crippen molar-refractivity contribution in [1.82, 2.24) is 9.88 Å².